The van der Waals surface area contributed by atoms with Crippen LogP contribution in [0, 0.1) is 11.8 Å². The summed E-state index contributed by atoms with van der Waals surface area (Å²) in [6, 6.07) is 80.1. The minimum Gasteiger partial charge on any atom is -0.491 e. The molecule has 0 aliphatic heterocycles. The van der Waals surface area contributed by atoms with Crippen LogP contribution in [0.2, 0.25) is 0 Å². The topological polar surface area (TPSA) is 120 Å². The molecule has 1 aliphatic carbocycles. The van der Waals surface area contributed by atoms with E-state index in [4.69, 9.17) is 61.6 Å². The van der Waals surface area contributed by atoms with Gasteiger partial charge in [-0.05, 0) is 277 Å². The van der Waals surface area contributed by atoms with Crippen molar-refractivity contribution in [3.05, 3.63) is 281 Å². The zero-order valence-corrected chi connectivity index (χ0v) is 78.5. The zero-order chi connectivity index (χ0) is 88.7. The van der Waals surface area contributed by atoms with Gasteiger partial charge in [0.1, 0.15) is 46.9 Å². The van der Waals surface area contributed by atoms with E-state index in [0.717, 1.165) is 103 Å². The molecule has 1 fully saturated rings. The molecular weight excluding hydrogens is 1520 g/mol. The molecule has 0 heterocycles. The van der Waals surface area contributed by atoms with Crippen molar-refractivity contribution in [1.82, 2.24) is 0 Å². The van der Waals surface area contributed by atoms with Crippen LogP contribution in [0.25, 0.3) is 0 Å². The average molecular weight is 1670 g/mol. The van der Waals surface area contributed by atoms with Gasteiger partial charge in [-0.25, -0.2) is 0 Å². The van der Waals surface area contributed by atoms with Gasteiger partial charge in [0.05, 0.1) is 33.0 Å². The van der Waals surface area contributed by atoms with Crippen molar-refractivity contribution in [2.45, 2.75) is 309 Å². The van der Waals surface area contributed by atoms with Crippen LogP contribution in [0.3, 0.4) is 0 Å². The van der Waals surface area contributed by atoms with Crippen molar-refractivity contribution in [2.75, 3.05) is 39.6 Å². The predicted octanol–water partition coefficient (Wildman–Crippen LogP) is 29.8. The number of hydrogen-bond acceptors (Lipinski definition) is 13. The van der Waals surface area contributed by atoms with Crippen LogP contribution in [-0.4, -0.2) is 77.4 Å². The molecule has 13 nitrogen and oxygen atoms in total. The highest BCUT2D eigenvalue weighted by molar-refractivity contribution is 5.34. The molecular formula is C109H156O13. The smallest absolute Gasteiger partial charge is 0.197 e. The van der Waals surface area contributed by atoms with E-state index in [1.807, 2.05) is 188 Å². The van der Waals surface area contributed by atoms with Crippen molar-refractivity contribution in [3.8, 4) is 40.2 Å². The number of rotatable bonds is 45. The number of benzene rings is 9. The van der Waals surface area contributed by atoms with Crippen molar-refractivity contribution >= 4 is 0 Å². The van der Waals surface area contributed by atoms with E-state index in [1.165, 1.54) is 83.9 Å². The fourth-order valence-corrected chi connectivity index (χ4v) is 13.1. The van der Waals surface area contributed by atoms with Gasteiger partial charge in [0, 0.05) is 6.61 Å². The summed E-state index contributed by atoms with van der Waals surface area (Å²) in [5.41, 5.74) is 10.6. The van der Waals surface area contributed by atoms with E-state index in [9.17, 15) is 0 Å². The molecule has 0 saturated heterocycles. The first-order chi connectivity index (χ1) is 58.9. The van der Waals surface area contributed by atoms with E-state index >= 15 is 0 Å². The summed E-state index contributed by atoms with van der Waals surface area (Å²) in [6.45, 7) is 48.9. The first kappa shape index (κ1) is 104. The molecule has 9 aromatic carbocycles. The third-order valence-corrected chi connectivity index (χ3v) is 22.2. The SMILES string of the molecule is CCC(C)c1ccc(OC(C)OCC(C)C)cc1.CCC(C)c1ccc(OC(C)OCCC2CCCCC2)cc1.CCC(C)c1ccc(OC(C)OCCOc2ccccc2)cc1.CCC(C)c1ccc(OC(C)OCCc2ccccc2)cc1.CCC(C)c1ccc(OC(C)OCc2ccccc2)cc1.CCOC(C)Oc1ccc(C(C)CC)cc1. The van der Waals surface area contributed by atoms with Crippen molar-refractivity contribution < 1.29 is 61.6 Å². The Hall–Kier alpha value is -8.66. The standard InChI is InChI=1S/C20H26O3.C20H32O2.C20H26O2.C19H24O2.C16H26O2.C14H22O2/c1-4-16(2)18-10-12-20(13-11-18)23-17(3)21-14-15-22-19-8-6-5-7-9-19;2*1-4-16(2)19-10-12-20(13-11-19)22-17(3)21-15-14-18-8-6-5-7-9-18;1-4-15(2)18-10-12-19(13-11-18)21-16(3)20-14-17-8-6-5-7-9-17;1-6-13(4)15-7-9-16(10-8-15)18-14(5)17-11-12(2)3;1-5-11(3)13-7-9-14(10-8-13)16-12(4)15-6-2/h5-13,16-17H,4,14-15H2,1-3H3;10-13,16-18H,4-9,14-15H2,1-3H3;5-13,16-17H,4,14-15H2,1-3H3;5-13,15-16H,4,14H2,1-3H3;7-10,12-14H,6,11H2,1-5H3;7-12H,5-6H2,1-4H3. The maximum absolute atomic E-state index is 5.85. The zero-order valence-electron chi connectivity index (χ0n) is 78.5. The van der Waals surface area contributed by atoms with Crippen molar-refractivity contribution in [2.24, 2.45) is 11.8 Å². The summed E-state index contributed by atoms with van der Waals surface area (Å²) < 4.78 is 73.9. The van der Waals surface area contributed by atoms with Crippen LogP contribution in [-0.2, 0) is 41.4 Å². The van der Waals surface area contributed by atoms with Crippen LogP contribution in [0.4, 0.5) is 0 Å². The summed E-state index contributed by atoms with van der Waals surface area (Å²) in [6.07, 6.45) is 14.7. The first-order valence-corrected chi connectivity index (χ1v) is 46.0. The molecule has 0 N–H and O–H groups in total. The predicted molar refractivity (Wildman–Crippen MR) is 506 cm³/mol. The lowest BCUT2D eigenvalue weighted by Crippen LogP contribution is -2.19. The summed E-state index contributed by atoms with van der Waals surface area (Å²) in [4.78, 5) is 0. The molecule has 0 spiro atoms. The molecule has 0 radical (unpaired) electrons. The van der Waals surface area contributed by atoms with Crippen molar-refractivity contribution in [1.29, 1.82) is 0 Å². The Morgan fingerprint density at radius 2 is 0.533 bits per heavy atom. The summed E-state index contributed by atoms with van der Waals surface area (Å²) in [7, 11) is 0. The number of para-hydroxylation sites is 1. The Morgan fingerprint density at radius 3 is 0.844 bits per heavy atom. The Balaban J connectivity index is 0.000000261. The Labute approximate surface area is 738 Å². The Kier molecular flexibility index (Phi) is 52.5. The maximum atomic E-state index is 5.85. The van der Waals surface area contributed by atoms with Crippen LogP contribution in [0.5, 0.6) is 40.2 Å². The highest BCUT2D eigenvalue weighted by Crippen LogP contribution is 2.31. The van der Waals surface area contributed by atoms with E-state index in [2.05, 4.69) is 194 Å². The summed E-state index contributed by atoms with van der Waals surface area (Å²) >= 11 is 0. The molecule has 13 heteroatoms. The number of hydrogen-bond donors (Lipinski definition) is 0. The summed E-state index contributed by atoms with van der Waals surface area (Å²) in [5, 5.41) is 0. The van der Waals surface area contributed by atoms with E-state index in [1.54, 1.807) is 0 Å². The van der Waals surface area contributed by atoms with Crippen LogP contribution < -0.4 is 33.2 Å². The quantitative estimate of drug-likeness (QED) is 0.0266. The van der Waals surface area contributed by atoms with Gasteiger partial charge in [-0.1, -0.05) is 281 Å². The molecule has 670 valence electrons. The van der Waals surface area contributed by atoms with Gasteiger partial charge >= 0.3 is 0 Å². The second-order valence-corrected chi connectivity index (χ2v) is 32.7. The molecule has 12 unspecified atom stereocenters. The molecule has 0 aromatic heterocycles. The molecule has 12 atom stereocenters. The fourth-order valence-electron chi connectivity index (χ4n) is 13.1. The normalized spacial score (nSPS) is 14.8. The molecule has 122 heavy (non-hydrogen) atoms. The van der Waals surface area contributed by atoms with Crippen LogP contribution in [0.1, 0.15) is 302 Å². The van der Waals surface area contributed by atoms with Gasteiger partial charge in [0.25, 0.3) is 0 Å². The van der Waals surface area contributed by atoms with E-state index < -0.39 is 0 Å². The molecule has 0 bridgehead atoms. The molecule has 10 rings (SSSR count). The van der Waals surface area contributed by atoms with E-state index in [-0.39, 0.29) is 37.7 Å². The molecule has 0 amide bonds. The lowest BCUT2D eigenvalue weighted by atomic mass is 9.87. The second-order valence-electron chi connectivity index (χ2n) is 32.7. The van der Waals surface area contributed by atoms with Gasteiger partial charge < -0.3 is 61.6 Å². The number of ether oxygens (including phenoxy) is 13. The minimum absolute atomic E-state index is 0.168. The van der Waals surface area contributed by atoms with Gasteiger partial charge in [-0.15, -0.1) is 0 Å². The lowest BCUT2D eigenvalue weighted by molar-refractivity contribution is -0.0760. The van der Waals surface area contributed by atoms with Gasteiger partial charge in [-0.2, -0.15) is 0 Å². The van der Waals surface area contributed by atoms with Gasteiger partial charge in [0.2, 0.25) is 0 Å². The maximum Gasteiger partial charge on any atom is 0.197 e. The largest absolute Gasteiger partial charge is 0.491 e. The molecule has 9 aromatic rings. The highest BCUT2D eigenvalue weighted by atomic mass is 16.7. The lowest BCUT2D eigenvalue weighted by Gasteiger charge is -2.22. The summed E-state index contributed by atoms with van der Waals surface area (Å²) in [5.74, 6) is 11.0. The molecule has 1 saturated carbocycles. The average Bonchev–Trinajstić information content (AvgIpc) is 0.904. The van der Waals surface area contributed by atoms with Gasteiger partial charge in [0.15, 0.2) is 37.7 Å². The van der Waals surface area contributed by atoms with Crippen LogP contribution >= 0.6 is 0 Å². The molecule has 1 aliphatic rings. The first-order valence-electron chi connectivity index (χ1n) is 46.0. The Morgan fingerprint density at radius 1 is 0.254 bits per heavy atom. The van der Waals surface area contributed by atoms with Gasteiger partial charge in [-0.3, -0.25) is 0 Å². The van der Waals surface area contributed by atoms with E-state index in [0.29, 0.717) is 74.5 Å². The minimum atomic E-state index is -0.302. The van der Waals surface area contributed by atoms with Crippen molar-refractivity contribution in [3.63, 3.8) is 0 Å². The second kappa shape index (κ2) is 61.6. The third kappa shape index (κ3) is 44.1. The fraction of sp³-hybridized carbons (Fsp3) is 0.505. The van der Waals surface area contributed by atoms with Crippen LogP contribution in [0.15, 0.2) is 237 Å². The third-order valence-electron chi connectivity index (χ3n) is 22.2. The highest BCUT2D eigenvalue weighted by Gasteiger charge is 2.17. The Bertz CT molecular complexity index is 3970. The monoisotopic (exact) mass is 1670 g/mol.